The monoisotopic (exact) mass is 542 g/mol. The second-order valence-electron chi connectivity index (χ2n) is 8.64. The van der Waals surface area contributed by atoms with Crippen LogP contribution in [-0.2, 0) is 9.53 Å². The SMILES string of the molecule is CCOC(=O)C1=C(c2ccccc2)N=c2s/c(=C/c3ccc(OC)c(O)c3)c(=O)n2[C@H]1c1cccc(OC)c1. The molecule has 0 saturated carbocycles. The first kappa shape index (κ1) is 26.0. The van der Waals surface area contributed by atoms with E-state index in [1.54, 1.807) is 44.4 Å². The van der Waals surface area contributed by atoms with Gasteiger partial charge in [-0.3, -0.25) is 9.36 Å². The molecule has 1 N–H and O–H groups in total. The van der Waals surface area contributed by atoms with E-state index in [0.717, 1.165) is 5.56 Å². The first-order valence-electron chi connectivity index (χ1n) is 12.2. The third-order valence-electron chi connectivity index (χ3n) is 6.28. The normalized spacial score (nSPS) is 14.9. The Morgan fingerprint density at radius 2 is 1.85 bits per heavy atom. The number of hydrogen-bond acceptors (Lipinski definition) is 8. The van der Waals surface area contributed by atoms with Gasteiger partial charge in [0.15, 0.2) is 16.3 Å². The maximum absolute atomic E-state index is 13.9. The van der Waals surface area contributed by atoms with E-state index in [4.69, 9.17) is 19.2 Å². The molecular weight excluding hydrogens is 516 g/mol. The molecule has 1 aromatic heterocycles. The van der Waals surface area contributed by atoms with E-state index in [1.165, 1.54) is 29.1 Å². The Kier molecular flexibility index (Phi) is 7.33. The smallest absolute Gasteiger partial charge is 0.338 e. The lowest BCUT2D eigenvalue weighted by Crippen LogP contribution is -2.40. The zero-order valence-electron chi connectivity index (χ0n) is 21.6. The first-order chi connectivity index (χ1) is 18.9. The molecule has 3 aromatic carbocycles. The van der Waals surface area contributed by atoms with Crippen molar-refractivity contribution in [3.05, 3.63) is 115 Å². The summed E-state index contributed by atoms with van der Waals surface area (Å²) in [5.74, 6) is 0.328. The Morgan fingerprint density at radius 3 is 2.54 bits per heavy atom. The molecule has 5 rings (SSSR count). The summed E-state index contributed by atoms with van der Waals surface area (Å²) in [4.78, 5) is 32.7. The molecule has 1 aliphatic rings. The number of benzene rings is 3. The van der Waals surface area contributed by atoms with Gasteiger partial charge in [-0.2, -0.15) is 0 Å². The summed E-state index contributed by atoms with van der Waals surface area (Å²) in [7, 11) is 3.03. The molecule has 198 valence electrons. The fraction of sp³-hybridized carbons (Fsp3) is 0.167. The number of hydrogen-bond donors (Lipinski definition) is 1. The van der Waals surface area contributed by atoms with Crippen LogP contribution in [0.2, 0.25) is 0 Å². The van der Waals surface area contributed by atoms with Crippen LogP contribution in [0.4, 0.5) is 0 Å². The molecule has 2 heterocycles. The molecule has 0 spiro atoms. The summed E-state index contributed by atoms with van der Waals surface area (Å²) in [6.45, 7) is 1.90. The Bertz CT molecular complexity index is 1750. The Labute approximate surface area is 228 Å². The van der Waals surface area contributed by atoms with Gasteiger partial charge in [0, 0.05) is 5.56 Å². The minimum Gasteiger partial charge on any atom is -0.504 e. The summed E-state index contributed by atoms with van der Waals surface area (Å²) in [6, 6.07) is 20.7. The van der Waals surface area contributed by atoms with Crippen LogP contribution in [0.3, 0.4) is 0 Å². The molecule has 0 amide bonds. The van der Waals surface area contributed by atoms with Crippen LogP contribution in [0.5, 0.6) is 17.2 Å². The number of fused-ring (bicyclic) bond motifs is 1. The number of rotatable bonds is 7. The number of carbonyl (C=O) groups is 1. The number of phenols is 1. The molecule has 0 saturated heterocycles. The quantitative estimate of drug-likeness (QED) is 0.358. The van der Waals surface area contributed by atoms with Crippen molar-refractivity contribution in [2.24, 2.45) is 4.99 Å². The lowest BCUT2D eigenvalue weighted by Gasteiger charge is -2.26. The zero-order chi connectivity index (χ0) is 27.5. The lowest BCUT2D eigenvalue weighted by atomic mass is 9.93. The number of methoxy groups -OCH3 is 2. The van der Waals surface area contributed by atoms with E-state index in [-0.39, 0.29) is 23.5 Å². The highest BCUT2D eigenvalue weighted by molar-refractivity contribution is 7.07. The van der Waals surface area contributed by atoms with Gasteiger partial charge in [0.2, 0.25) is 0 Å². The Morgan fingerprint density at radius 1 is 1.05 bits per heavy atom. The fourth-order valence-corrected chi connectivity index (χ4v) is 5.52. The van der Waals surface area contributed by atoms with Gasteiger partial charge in [0.1, 0.15) is 5.75 Å². The molecule has 9 heteroatoms. The van der Waals surface area contributed by atoms with Gasteiger partial charge in [0.25, 0.3) is 5.56 Å². The number of nitrogens with zero attached hydrogens (tertiary/aromatic N) is 2. The van der Waals surface area contributed by atoms with E-state index in [1.807, 2.05) is 42.5 Å². The fourth-order valence-electron chi connectivity index (χ4n) is 4.52. The minimum atomic E-state index is -0.808. The highest BCUT2D eigenvalue weighted by Crippen LogP contribution is 2.36. The van der Waals surface area contributed by atoms with Crippen LogP contribution in [0.15, 0.2) is 88.2 Å². The molecule has 0 radical (unpaired) electrons. The minimum absolute atomic E-state index is 0.0377. The zero-order valence-corrected chi connectivity index (χ0v) is 22.4. The predicted octanol–water partition coefficient (Wildman–Crippen LogP) is 3.66. The van der Waals surface area contributed by atoms with Crippen LogP contribution in [0, 0.1) is 0 Å². The average Bonchev–Trinajstić information content (AvgIpc) is 3.27. The van der Waals surface area contributed by atoms with Gasteiger partial charge in [-0.15, -0.1) is 0 Å². The largest absolute Gasteiger partial charge is 0.504 e. The molecule has 0 unspecified atom stereocenters. The summed E-state index contributed by atoms with van der Waals surface area (Å²) < 4.78 is 18.0. The molecule has 0 fully saturated rings. The van der Waals surface area contributed by atoms with Crippen LogP contribution in [-0.4, -0.2) is 36.5 Å². The maximum atomic E-state index is 13.9. The molecule has 1 atom stereocenters. The number of esters is 1. The van der Waals surface area contributed by atoms with Gasteiger partial charge in [-0.05, 0) is 48.4 Å². The van der Waals surface area contributed by atoms with Crippen molar-refractivity contribution in [2.45, 2.75) is 13.0 Å². The third kappa shape index (κ3) is 4.96. The summed E-state index contributed by atoms with van der Waals surface area (Å²) in [6.07, 6.45) is 1.68. The number of thiazole rings is 1. The molecule has 0 bridgehead atoms. The van der Waals surface area contributed by atoms with Crippen molar-refractivity contribution >= 4 is 29.1 Å². The van der Waals surface area contributed by atoms with E-state index in [2.05, 4.69) is 0 Å². The van der Waals surface area contributed by atoms with Crippen LogP contribution in [0.1, 0.15) is 29.7 Å². The van der Waals surface area contributed by atoms with Crippen LogP contribution in [0.25, 0.3) is 11.8 Å². The number of aromatic nitrogens is 1. The van der Waals surface area contributed by atoms with E-state index < -0.39 is 12.0 Å². The number of ether oxygens (including phenoxy) is 3. The predicted molar refractivity (Wildman–Crippen MR) is 149 cm³/mol. The maximum Gasteiger partial charge on any atom is 0.338 e. The van der Waals surface area contributed by atoms with Gasteiger partial charge >= 0.3 is 5.97 Å². The van der Waals surface area contributed by atoms with E-state index >= 15 is 0 Å². The second kappa shape index (κ2) is 11.0. The van der Waals surface area contributed by atoms with Gasteiger partial charge in [0.05, 0.1) is 42.7 Å². The van der Waals surface area contributed by atoms with Crippen molar-refractivity contribution in [1.82, 2.24) is 4.57 Å². The Hall–Kier alpha value is -4.63. The topological polar surface area (TPSA) is 99.4 Å². The van der Waals surface area contributed by atoms with Gasteiger partial charge < -0.3 is 19.3 Å². The van der Waals surface area contributed by atoms with Crippen molar-refractivity contribution in [2.75, 3.05) is 20.8 Å². The highest BCUT2D eigenvalue weighted by Gasteiger charge is 2.35. The molecule has 1 aliphatic heterocycles. The average molecular weight is 543 g/mol. The second-order valence-corrected chi connectivity index (χ2v) is 9.65. The van der Waals surface area contributed by atoms with Crippen molar-refractivity contribution in [1.29, 1.82) is 0 Å². The summed E-state index contributed by atoms with van der Waals surface area (Å²) in [5.41, 5.74) is 2.40. The lowest BCUT2D eigenvalue weighted by molar-refractivity contribution is -0.138. The van der Waals surface area contributed by atoms with Crippen molar-refractivity contribution in [3.8, 4) is 17.2 Å². The van der Waals surface area contributed by atoms with Gasteiger partial charge in [-0.25, -0.2) is 9.79 Å². The van der Waals surface area contributed by atoms with Crippen LogP contribution < -0.4 is 24.4 Å². The first-order valence-corrected chi connectivity index (χ1v) is 13.1. The third-order valence-corrected chi connectivity index (χ3v) is 7.27. The number of aromatic hydroxyl groups is 1. The summed E-state index contributed by atoms with van der Waals surface area (Å²) in [5, 5.41) is 10.2. The molecule has 39 heavy (non-hydrogen) atoms. The van der Waals surface area contributed by atoms with Crippen molar-refractivity contribution < 1.29 is 24.1 Å². The van der Waals surface area contributed by atoms with E-state index in [9.17, 15) is 14.7 Å². The molecule has 4 aromatic rings. The number of carbonyl (C=O) groups excluding carboxylic acids is 1. The molecule has 0 aliphatic carbocycles. The summed E-state index contributed by atoms with van der Waals surface area (Å²) >= 11 is 1.20. The highest BCUT2D eigenvalue weighted by atomic mass is 32.1. The van der Waals surface area contributed by atoms with Crippen LogP contribution >= 0.6 is 11.3 Å². The Balaban J connectivity index is 1.81. The number of phenolic OH excluding ortho intramolecular Hbond substituents is 1. The molecular formula is C30H26N2O6S. The molecule has 8 nitrogen and oxygen atoms in total. The standard InChI is InChI=1S/C30H26N2O6S/c1-4-38-29(35)25-26(19-9-6-5-7-10-19)31-30-32(27(25)20-11-8-12-21(17-20)36-2)28(34)24(39-30)16-18-13-14-23(37-3)22(33)15-18/h5-17,27,33H,4H2,1-3H3/b24-16+/t27-/m0/s1. The van der Waals surface area contributed by atoms with Crippen molar-refractivity contribution in [3.63, 3.8) is 0 Å². The van der Waals surface area contributed by atoms with E-state index in [0.29, 0.717) is 37.7 Å². The van der Waals surface area contributed by atoms with Gasteiger partial charge in [-0.1, -0.05) is 59.9 Å².